The highest BCUT2D eigenvalue weighted by Gasteiger charge is 2.75. The van der Waals surface area contributed by atoms with Crippen molar-refractivity contribution in [3.05, 3.63) is 0 Å². The van der Waals surface area contributed by atoms with Crippen molar-refractivity contribution in [1.82, 2.24) is 0 Å². The maximum absolute atomic E-state index is 2.41. The van der Waals surface area contributed by atoms with Gasteiger partial charge in [-0.25, -0.2) is 0 Å². The molecule has 0 aliphatic heterocycles. The molecule has 0 radical (unpaired) electrons. The molecular weight excluding hydrogens is 108 g/mol. The van der Waals surface area contributed by atoms with E-state index < -0.39 is 0 Å². The van der Waals surface area contributed by atoms with Crippen LogP contribution in [0.3, 0.4) is 0 Å². The van der Waals surface area contributed by atoms with Gasteiger partial charge >= 0.3 is 0 Å². The monoisotopic (exact) mass is 124 g/mol. The van der Waals surface area contributed by atoms with Crippen molar-refractivity contribution in [2.24, 2.45) is 23.2 Å². The lowest BCUT2D eigenvalue weighted by Crippen LogP contribution is -1.99. The molecule has 0 bridgehead atoms. The summed E-state index contributed by atoms with van der Waals surface area (Å²) >= 11 is 0. The van der Waals surface area contributed by atoms with E-state index in [9.17, 15) is 0 Å². The number of fused-ring (bicyclic) bond motifs is 1. The molecule has 2 fully saturated rings. The van der Waals surface area contributed by atoms with Gasteiger partial charge in [0.2, 0.25) is 0 Å². The van der Waals surface area contributed by atoms with Crippen LogP contribution in [0.4, 0.5) is 0 Å². The summed E-state index contributed by atoms with van der Waals surface area (Å²) in [7, 11) is 0. The molecule has 2 rings (SSSR count). The van der Waals surface area contributed by atoms with Crippen molar-refractivity contribution in [3.8, 4) is 0 Å². The Morgan fingerprint density at radius 1 is 1.56 bits per heavy atom. The summed E-state index contributed by atoms with van der Waals surface area (Å²) in [6.07, 6.45) is 3.06. The predicted molar refractivity (Wildman–Crippen MR) is 39.2 cm³/mol. The summed E-state index contributed by atoms with van der Waals surface area (Å²) < 4.78 is 0. The molecule has 0 saturated heterocycles. The Labute approximate surface area is 57.6 Å². The first-order valence-electron chi connectivity index (χ1n) is 4.17. The molecule has 0 spiro atoms. The molecule has 0 nitrogen and oxygen atoms in total. The Kier molecular flexibility index (Phi) is 0.868. The minimum Gasteiger partial charge on any atom is -0.0628 e. The number of rotatable bonds is 2. The summed E-state index contributed by atoms with van der Waals surface area (Å²) in [6.45, 7) is 7.10. The van der Waals surface area contributed by atoms with E-state index in [4.69, 9.17) is 0 Å². The average Bonchev–Trinajstić information content (AvgIpc) is 2.53. The maximum atomic E-state index is 2.41. The van der Waals surface area contributed by atoms with Gasteiger partial charge in [-0.05, 0) is 36.0 Å². The van der Waals surface area contributed by atoms with E-state index in [0.717, 1.165) is 17.3 Å². The largest absolute Gasteiger partial charge is 0.0628 e. The van der Waals surface area contributed by atoms with Crippen molar-refractivity contribution < 1.29 is 0 Å². The van der Waals surface area contributed by atoms with Crippen LogP contribution in [0.1, 0.15) is 33.6 Å². The smallest absolute Gasteiger partial charge is 0.0232 e. The molecule has 3 unspecified atom stereocenters. The second-order valence-electron chi connectivity index (χ2n) is 4.43. The van der Waals surface area contributed by atoms with E-state index >= 15 is 0 Å². The van der Waals surface area contributed by atoms with Crippen LogP contribution in [-0.4, -0.2) is 0 Å². The van der Waals surface area contributed by atoms with E-state index in [0.29, 0.717) is 0 Å². The summed E-state index contributed by atoms with van der Waals surface area (Å²) in [6, 6.07) is 0. The van der Waals surface area contributed by atoms with E-state index in [1.54, 1.807) is 6.42 Å². The third-order valence-electron chi connectivity index (χ3n) is 3.37. The normalized spacial score (nSPS) is 53.3. The highest BCUT2D eigenvalue weighted by atomic mass is 14.8. The molecular formula is C9H16. The topological polar surface area (TPSA) is 0 Å². The average molecular weight is 124 g/mol. The Morgan fingerprint density at radius 3 is 2.22 bits per heavy atom. The zero-order valence-corrected chi connectivity index (χ0v) is 6.65. The van der Waals surface area contributed by atoms with Crippen molar-refractivity contribution in [2.75, 3.05) is 0 Å². The van der Waals surface area contributed by atoms with Gasteiger partial charge in [0.05, 0.1) is 0 Å². The zero-order valence-electron chi connectivity index (χ0n) is 6.65. The zero-order chi connectivity index (χ0) is 6.65. The minimum absolute atomic E-state index is 0.897. The van der Waals surface area contributed by atoms with E-state index in [1.807, 2.05) is 0 Å². The van der Waals surface area contributed by atoms with Crippen LogP contribution in [0.2, 0.25) is 0 Å². The maximum Gasteiger partial charge on any atom is -0.0232 e. The molecule has 0 aromatic carbocycles. The van der Waals surface area contributed by atoms with Gasteiger partial charge in [0.25, 0.3) is 0 Å². The molecule has 2 aliphatic carbocycles. The molecule has 0 heteroatoms. The van der Waals surface area contributed by atoms with Gasteiger partial charge in [0.1, 0.15) is 0 Å². The van der Waals surface area contributed by atoms with Crippen LogP contribution in [0, 0.1) is 23.2 Å². The van der Waals surface area contributed by atoms with Gasteiger partial charge < -0.3 is 0 Å². The number of hydrogen-bond donors (Lipinski definition) is 0. The Balaban J connectivity index is 1.88. The molecule has 0 N–H and O–H groups in total. The highest BCUT2D eigenvalue weighted by Crippen LogP contribution is 2.82. The summed E-state index contributed by atoms with van der Waals surface area (Å²) in [5, 5.41) is 0. The third kappa shape index (κ3) is 0.595. The molecule has 0 heterocycles. The van der Waals surface area contributed by atoms with Crippen molar-refractivity contribution in [3.63, 3.8) is 0 Å². The van der Waals surface area contributed by atoms with Gasteiger partial charge in [-0.15, -0.1) is 0 Å². The second kappa shape index (κ2) is 1.36. The number of hydrogen-bond acceptors (Lipinski definition) is 0. The summed E-state index contributed by atoms with van der Waals surface area (Å²) in [5.41, 5.74) is 0.897. The van der Waals surface area contributed by atoms with E-state index in [-0.39, 0.29) is 0 Å². The van der Waals surface area contributed by atoms with Gasteiger partial charge in [-0.2, -0.15) is 0 Å². The van der Waals surface area contributed by atoms with Crippen molar-refractivity contribution in [1.29, 1.82) is 0 Å². The van der Waals surface area contributed by atoms with Crippen LogP contribution in [-0.2, 0) is 0 Å². The van der Waals surface area contributed by atoms with Gasteiger partial charge in [0.15, 0.2) is 0 Å². The molecule has 9 heavy (non-hydrogen) atoms. The van der Waals surface area contributed by atoms with Crippen LogP contribution < -0.4 is 0 Å². The highest BCUT2D eigenvalue weighted by molar-refractivity contribution is 5.23. The molecule has 2 saturated carbocycles. The van der Waals surface area contributed by atoms with E-state index in [2.05, 4.69) is 20.8 Å². The molecule has 0 amide bonds. The van der Waals surface area contributed by atoms with Crippen LogP contribution in [0.5, 0.6) is 0 Å². The Bertz CT molecular complexity index is 131. The fourth-order valence-electron chi connectivity index (χ4n) is 2.54. The van der Waals surface area contributed by atoms with Gasteiger partial charge in [-0.1, -0.05) is 20.8 Å². The molecule has 0 aromatic rings. The quantitative estimate of drug-likeness (QED) is 0.531. The van der Waals surface area contributed by atoms with Crippen LogP contribution in [0.15, 0.2) is 0 Å². The van der Waals surface area contributed by atoms with Crippen LogP contribution >= 0.6 is 0 Å². The fourth-order valence-corrected chi connectivity index (χ4v) is 2.54. The SMILES string of the molecule is CC(C)CC12CC1C2C. The molecule has 3 atom stereocenters. The first-order valence-corrected chi connectivity index (χ1v) is 4.17. The lowest BCUT2D eigenvalue weighted by atomic mass is 9.97. The molecule has 0 aromatic heterocycles. The van der Waals surface area contributed by atoms with E-state index in [1.165, 1.54) is 12.3 Å². The van der Waals surface area contributed by atoms with Crippen molar-refractivity contribution in [2.45, 2.75) is 33.6 Å². The predicted octanol–water partition coefficient (Wildman–Crippen LogP) is 2.69. The fraction of sp³-hybridized carbons (Fsp3) is 1.00. The second-order valence-corrected chi connectivity index (χ2v) is 4.43. The Hall–Kier alpha value is 0. The third-order valence-corrected chi connectivity index (χ3v) is 3.37. The van der Waals surface area contributed by atoms with Crippen molar-refractivity contribution >= 4 is 0 Å². The lowest BCUT2D eigenvalue weighted by molar-refractivity contribution is 0.415. The minimum atomic E-state index is 0.897. The molecule has 52 valence electrons. The van der Waals surface area contributed by atoms with Gasteiger partial charge in [-0.3, -0.25) is 0 Å². The van der Waals surface area contributed by atoms with Gasteiger partial charge in [0, 0.05) is 0 Å². The first kappa shape index (κ1) is 5.76. The summed E-state index contributed by atoms with van der Waals surface area (Å²) in [5.74, 6) is 3.19. The standard InChI is InChI=1S/C9H16/c1-6(2)4-9-5-8(9)7(9)3/h6-8H,4-5H2,1-3H3. The Morgan fingerprint density at radius 2 is 2.11 bits per heavy atom. The summed E-state index contributed by atoms with van der Waals surface area (Å²) in [4.78, 5) is 0. The first-order chi connectivity index (χ1) is 4.17. The molecule has 2 aliphatic rings. The lowest BCUT2D eigenvalue weighted by Gasteiger charge is -2.09. The van der Waals surface area contributed by atoms with Crippen LogP contribution in [0.25, 0.3) is 0 Å².